The molecule has 0 heterocycles. The molecule has 2 rings (SSSR count). The summed E-state index contributed by atoms with van der Waals surface area (Å²) >= 11 is 3.13. The molecule has 5 heteroatoms. The van der Waals surface area contributed by atoms with Crippen LogP contribution in [0.15, 0.2) is 28.7 Å². The monoisotopic (exact) mass is 341 g/mol. The van der Waals surface area contributed by atoms with Gasteiger partial charge < -0.3 is 10.4 Å². The van der Waals surface area contributed by atoms with E-state index in [2.05, 4.69) is 21.2 Å². The van der Waals surface area contributed by atoms with Gasteiger partial charge in [-0.05, 0) is 52.5 Å². The van der Waals surface area contributed by atoms with Gasteiger partial charge in [0.25, 0.3) is 0 Å². The molecule has 2 N–H and O–H groups in total. The summed E-state index contributed by atoms with van der Waals surface area (Å²) in [4.78, 5) is 0. The first-order valence-corrected chi connectivity index (χ1v) is 6.85. The van der Waals surface area contributed by atoms with Gasteiger partial charge in [-0.3, -0.25) is 0 Å². The minimum atomic E-state index is -0.649. The van der Waals surface area contributed by atoms with Gasteiger partial charge in [0.1, 0.15) is 17.4 Å². The lowest BCUT2D eigenvalue weighted by molar-refractivity contribution is 0.466. The standard InChI is InChI=1S/C15H14BrF2NO/c1-8-3-10(4-9(2)15(8)20)7-19-14-12(16)5-11(17)6-13(14)18/h3-6,19-20H,7H2,1-2H3. The number of halogens is 3. The molecule has 2 aromatic rings. The van der Waals surface area contributed by atoms with Crippen LogP contribution in [0.3, 0.4) is 0 Å². The molecule has 20 heavy (non-hydrogen) atoms. The predicted molar refractivity (Wildman–Crippen MR) is 79.0 cm³/mol. The second-order valence-corrected chi connectivity index (χ2v) is 5.53. The van der Waals surface area contributed by atoms with Crippen molar-refractivity contribution >= 4 is 21.6 Å². The summed E-state index contributed by atoms with van der Waals surface area (Å²) in [6.45, 7) is 3.99. The molecule has 0 spiro atoms. The van der Waals surface area contributed by atoms with E-state index in [1.165, 1.54) is 6.07 Å². The van der Waals surface area contributed by atoms with Gasteiger partial charge in [-0.15, -0.1) is 0 Å². The van der Waals surface area contributed by atoms with E-state index in [1.807, 2.05) is 12.1 Å². The lowest BCUT2D eigenvalue weighted by Crippen LogP contribution is -2.03. The fraction of sp³-hybridized carbons (Fsp3) is 0.200. The van der Waals surface area contributed by atoms with E-state index in [-0.39, 0.29) is 11.4 Å². The third-order valence-electron chi connectivity index (χ3n) is 3.03. The highest BCUT2D eigenvalue weighted by Crippen LogP contribution is 2.28. The number of aromatic hydroxyl groups is 1. The molecule has 106 valence electrons. The number of hydrogen-bond donors (Lipinski definition) is 2. The summed E-state index contributed by atoms with van der Waals surface area (Å²) < 4.78 is 27.0. The molecule has 0 amide bonds. The predicted octanol–water partition coefficient (Wildman–Crippen LogP) is 4.66. The Morgan fingerprint density at radius 3 is 2.25 bits per heavy atom. The Hall–Kier alpha value is -1.62. The first-order valence-electron chi connectivity index (χ1n) is 6.06. The van der Waals surface area contributed by atoms with Crippen LogP contribution in [0.4, 0.5) is 14.5 Å². The van der Waals surface area contributed by atoms with Crippen molar-refractivity contribution in [3.8, 4) is 5.75 Å². The molecule has 2 nitrogen and oxygen atoms in total. The second kappa shape index (κ2) is 5.79. The maximum absolute atomic E-state index is 13.7. The molecule has 0 fully saturated rings. The molecule has 0 aliphatic rings. The number of phenols is 1. The van der Waals surface area contributed by atoms with Crippen molar-refractivity contribution in [1.29, 1.82) is 0 Å². The zero-order chi connectivity index (χ0) is 14.9. The normalized spacial score (nSPS) is 10.7. The summed E-state index contributed by atoms with van der Waals surface area (Å²) in [6.07, 6.45) is 0. The van der Waals surface area contributed by atoms with Gasteiger partial charge in [-0.2, -0.15) is 0 Å². The summed E-state index contributed by atoms with van der Waals surface area (Å²) in [5, 5.41) is 12.6. The molecule has 0 aliphatic heterocycles. The highest BCUT2D eigenvalue weighted by atomic mass is 79.9. The molecule has 0 unspecified atom stereocenters. The van der Waals surface area contributed by atoms with Crippen molar-refractivity contribution in [3.05, 3.63) is 57.1 Å². The SMILES string of the molecule is Cc1cc(CNc2c(F)cc(F)cc2Br)cc(C)c1O. The quantitative estimate of drug-likeness (QED) is 0.850. The maximum atomic E-state index is 13.7. The lowest BCUT2D eigenvalue weighted by Gasteiger charge is -2.12. The van der Waals surface area contributed by atoms with E-state index >= 15 is 0 Å². The number of hydrogen-bond acceptors (Lipinski definition) is 2. The zero-order valence-electron chi connectivity index (χ0n) is 11.1. The molecule has 0 atom stereocenters. The van der Waals surface area contributed by atoms with Gasteiger partial charge in [-0.25, -0.2) is 8.78 Å². The first-order chi connectivity index (χ1) is 9.38. The molecule has 0 saturated heterocycles. The van der Waals surface area contributed by atoms with Crippen LogP contribution >= 0.6 is 15.9 Å². The van der Waals surface area contributed by atoms with Crippen molar-refractivity contribution in [1.82, 2.24) is 0 Å². The second-order valence-electron chi connectivity index (χ2n) is 4.68. The average molecular weight is 342 g/mol. The smallest absolute Gasteiger partial charge is 0.150 e. The number of rotatable bonds is 3. The van der Waals surface area contributed by atoms with Crippen molar-refractivity contribution in [2.75, 3.05) is 5.32 Å². The highest BCUT2D eigenvalue weighted by Gasteiger charge is 2.10. The van der Waals surface area contributed by atoms with E-state index in [9.17, 15) is 13.9 Å². The minimum absolute atomic E-state index is 0.217. The van der Waals surface area contributed by atoms with Crippen molar-refractivity contribution in [2.24, 2.45) is 0 Å². The Morgan fingerprint density at radius 2 is 1.70 bits per heavy atom. The molecule has 0 radical (unpaired) electrons. The average Bonchev–Trinajstić information content (AvgIpc) is 2.34. The molecule has 0 saturated carbocycles. The van der Waals surface area contributed by atoms with Crippen LogP contribution in [-0.2, 0) is 6.54 Å². The Balaban J connectivity index is 2.21. The van der Waals surface area contributed by atoms with Gasteiger partial charge in [0, 0.05) is 17.1 Å². The zero-order valence-corrected chi connectivity index (χ0v) is 12.7. The van der Waals surface area contributed by atoms with Gasteiger partial charge in [0.15, 0.2) is 0 Å². The molecule has 2 aromatic carbocycles. The fourth-order valence-corrected chi connectivity index (χ4v) is 2.60. The van der Waals surface area contributed by atoms with Crippen LogP contribution in [0.2, 0.25) is 0 Å². The first kappa shape index (κ1) is 14.8. The number of benzene rings is 2. The highest BCUT2D eigenvalue weighted by molar-refractivity contribution is 9.10. The van der Waals surface area contributed by atoms with Crippen molar-refractivity contribution < 1.29 is 13.9 Å². The van der Waals surface area contributed by atoms with Crippen LogP contribution in [0.25, 0.3) is 0 Å². The Bertz CT molecular complexity index is 612. The van der Waals surface area contributed by atoms with E-state index < -0.39 is 11.6 Å². The van der Waals surface area contributed by atoms with Gasteiger partial charge in [0.2, 0.25) is 0 Å². The number of aryl methyl sites for hydroxylation is 2. The Morgan fingerprint density at radius 1 is 1.10 bits per heavy atom. The number of anilines is 1. The summed E-state index contributed by atoms with van der Waals surface area (Å²) in [7, 11) is 0. The molecule has 0 bridgehead atoms. The summed E-state index contributed by atoms with van der Waals surface area (Å²) in [6, 6.07) is 5.69. The van der Waals surface area contributed by atoms with Crippen LogP contribution < -0.4 is 5.32 Å². The number of nitrogens with one attached hydrogen (secondary N) is 1. The van der Waals surface area contributed by atoms with Crippen molar-refractivity contribution in [2.45, 2.75) is 20.4 Å². The van der Waals surface area contributed by atoms with Crippen LogP contribution in [0, 0.1) is 25.5 Å². The Labute approximate surface area is 124 Å². The molecule has 0 aliphatic carbocycles. The third kappa shape index (κ3) is 3.10. The molecular formula is C15H14BrF2NO. The van der Waals surface area contributed by atoms with E-state index in [4.69, 9.17) is 0 Å². The van der Waals surface area contributed by atoms with Crippen LogP contribution in [0.5, 0.6) is 5.75 Å². The summed E-state index contributed by atoms with van der Waals surface area (Å²) in [5.74, 6) is -1.01. The molecular weight excluding hydrogens is 328 g/mol. The molecule has 0 aromatic heterocycles. The van der Waals surface area contributed by atoms with Crippen LogP contribution in [-0.4, -0.2) is 5.11 Å². The van der Waals surface area contributed by atoms with E-state index in [1.54, 1.807) is 13.8 Å². The fourth-order valence-electron chi connectivity index (χ4n) is 2.05. The topological polar surface area (TPSA) is 32.3 Å². The lowest BCUT2D eigenvalue weighted by atomic mass is 10.1. The summed E-state index contributed by atoms with van der Waals surface area (Å²) in [5.41, 5.74) is 2.66. The third-order valence-corrected chi connectivity index (χ3v) is 3.65. The van der Waals surface area contributed by atoms with Crippen molar-refractivity contribution in [3.63, 3.8) is 0 Å². The maximum Gasteiger partial charge on any atom is 0.150 e. The van der Waals surface area contributed by atoms with E-state index in [0.717, 1.165) is 22.8 Å². The minimum Gasteiger partial charge on any atom is -0.507 e. The number of phenolic OH excluding ortho intramolecular Hbond substituents is 1. The van der Waals surface area contributed by atoms with Gasteiger partial charge in [0.05, 0.1) is 5.69 Å². The Kier molecular flexibility index (Phi) is 4.28. The largest absolute Gasteiger partial charge is 0.507 e. The van der Waals surface area contributed by atoms with Crippen LogP contribution in [0.1, 0.15) is 16.7 Å². The van der Waals surface area contributed by atoms with E-state index in [0.29, 0.717) is 11.0 Å². The van der Waals surface area contributed by atoms with Gasteiger partial charge in [-0.1, -0.05) is 12.1 Å². The van der Waals surface area contributed by atoms with Gasteiger partial charge >= 0.3 is 0 Å².